The number of aliphatic hydroxyl groups is 1. The maximum Gasteiger partial charge on any atom is 0.341 e. The molecule has 0 saturated carbocycles. The number of carbonyl (C=O) groups is 1. The van der Waals surface area contributed by atoms with Crippen molar-refractivity contribution in [3.05, 3.63) is 41.6 Å². The normalized spacial score (nSPS) is 20.7. The van der Waals surface area contributed by atoms with Gasteiger partial charge in [0, 0.05) is 58.4 Å². The number of hydrogen-bond acceptors (Lipinski definition) is 6. The predicted octanol–water partition coefficient (Wildman–Crippen LogP) is 0.232. The van der Waals surface area contributed by atoms with Crippen LogP contribution in [0.25, 0.3) is 0 Å². The molecule has 1 fully saturated rings. The summed E-state index contributed by atoms with van der Waals surface area (Å²) in [7, 11) is 0. The standard InChI is InChI=1S/C18H25N3O3/c22-12-11-21-9-7-20(8-10-21)6-5-19-14-16-13-15-3-1-2-4-17(15)24-18(16)23/h1-4,14,19,22H,5-13H2. The summed E-state index contributed by atoms with van der Waals surface area (Å²) in [6, 6.07) is 7.65. The molecule has 3 rings (SSSR count). The van der Waals surface area contributed by atoms with Crippen LogP contribution in [0.3, 0.4) is 0 Å². The first-order valence-electron chi connectivity index (χ1n) is 8.54. The summed E-state index contributed by atoms with van der Waals surface area (Å²) in [6.45, 7) is 6.80. The van der Waals surface area contributed by atoms with Gasteiger partial charge in [-0.25, -0.2) is 4.79 Å². The molecule has 2 aliphatic heterocycles. The molecule has 0 bridgehead atoms. The lowest BCUT2D eigenvalue weighted by atomic mass is 10.0. The Morgan fingerprint density at radius 2 is 1.83 bits per heavy atom. The molecule has 2 N–H and O–H groups in total. The fraction of sp³-hybridized carbons (Fsp3) is 0.500. The number of esters is 1. The van der Waals surface area contributed by atoms with E-state index >= 15 is 0 Å². The van der Waals surface area contributed by atoms with Crippen molar-refractivity contribution in [2.24, 2.45) is 0 Å². The summed E-state index contributed by atoms with van der Waals surface area (Å²) < 4.78 is 5.34. The van der Waals surface area contributed by atoms with Crippen LogP contribution in [0.1, 0.15) is 5.56 Å². The number of nitrogens with zero attached hydrogens (tertiary/aromatic N) is 2. The average Bonchev–Trinajstić information content (AvgIpc) is 2.60. The van der Waals surface area contributed by atoms with Gasteiger partial charge in [-0.1, -0.05) is 18.2 Å². The highest BCUT2D eigenvalue weighted by Gasteiger charge is 2.21. The van der Waals surface area contributed by atoms with Crippen LogP contribution in [0.5, 0.6) is 5.75 Å². The number of piperazine rings is 1. The van der Waals surface area contributed by atoms with Gasteiger partial charge in [0.05, 0.1) is 12.2 Å². The first-order valence-corrected chi connectivity index (χ1v) is 8.54. The second-order valence-corrected chi connectivity index (χ2v) is 6.20. The number of carbonyl (C=O) groups excluding carboxylic acids is 1. The number of fused-ring (bicyclic) bond motifs is 1. The zero-order chi connectivity index (χ0) is 16.8. The van der Waals surface area contributed by atoms with Gasteiger partial charge in [0.2, 0.25) is 0 Å². The Bertz CT molecular complexity index is 595. The maximum absolute atomic E-state index is 12.0. The van der Waals surface area contributed by atoms with Gasteiger partial charge >= 0.3 is 5.97 Å². The summed E-state index contributed by atoms with van der Waals surface area (Å²) >= 11 is 0. The third-order valence-corrected chi connectivity index (χ3v) is 4.55. The molecular formula is C18H25N3O3. The third-order valence-electron chi connectivity index (χ3n) is 4.55. The number of nitrogens with one attached hydrogen (secondary N) is 1. The van der Waals surface area contributed by atoms with E-state index in [1.807, 2.05) is 24.3 Å². The average molecular weight is 331 g/mol. The van der Waals surface area contributed by atoms with Crippen LogP contribution in [0.15, 0.2) is 36.0 Å². The minimum Gasteiger partial charge on any atom is -0.423 e. The van der Waals surface area contributed by atoms with E-state index in [1.165, 1.54) is 0 Å². The van der Waals surface area contributed by atoms with Crippen LogP contribution < -0.4 is 10.1 Å². The smallest absolute Gasteiger partial charge is 0.341 e. The second-order valence-electron chi connectivity index (χ2n) is 6.20. The summed E-state index contributed by atoms with van der Waals surface area (Å²) in [5.74, 6) is 0.402. The third kappa shape index (κ3) is 4.35. The first-order chi connectivity index (χ1) is 11.8. The molecule has 0 atom stereocenters. The number of β-amino-alcohol motifs (C(OH)–C–C–N with tert-alkyl or cyclic N) is 1. The van der Waals surface area contributed by atoms with Crippen LogP contribution in [0.2, 0.25) is 0 Å². The number of hydrogen-bond donors (Lipinski definition) is 2. The van der Waals surface area contributed by atoms with Gasteiger partial charge in [0.15, 0.2) is 0 Å². The Hall–Kier alpha value is -1.89. The molecule has 0 amide bonds. The van der Waals surface area contributed by atoms with Gasteiger partial charge in [0.1, 0.15) is 5.75 Å². The molecule has 0 aromatic heterocycles. The minimum absolute atomic E-state index is 0.231. The van der Waals surface area contributed by atoms with Crippen molar-refractivity contribution in [3.63, 3.8) is 0 Å². The number of rotatable bonds is 6. The van der Waals surface area contributed by atoms with E-state index in [-0.39, 0.29) is 12.6 Å². The molecule has 24 heavy (non-hydrogen) atoms. The van der Waals surface area contributed by atoms with Crippen LogP contribution in [0.4, 0.5) is 0 Å². The van der Waals surface area contributed by atoms with Crippen molar-refractivity contribution in [3.8, 4) is 5.75 Å². The zero-order valence-corrected chi connectivity index (χ0v) is 13.9. The predicted molar refractivity (Wildman–Crippen MR) is 91.8 cm³/mol. The molecule has 0 radical (unpaired) electrons. The minimum atomic E-state index is -0.265. The molecule has 2 heterocycles. The van der Waals surface area contributed by atoms with Crippen molar-refractivity contribution in [1.82, 2.24) is 15.1 Å². The van der Waals surface area contributed by atoms with Gasteiger partial charge in [-0.15, -0.1) is 0 Å². The van der Waals surface area contributed by atoms with E-state index in [4.69, 9.17) is 9.84 Å². The van der Waals surface area contributed by atoms with Gasteiger partial charge < -0.3 is 15.2 Å². The molecule has 2 aliphatic rings. The van der Waals surface area contributed by atoms with Crippen LogP contribution in [0, 0.1) is 0 Å². The first kappa shape index (κ1) is 17.0. The van der Waals surface area contributed by atoms with Crippen molar-refractivity contribution in [2.75, 3.05) is 52.4 Å². The van der Waals surface area contributed by atoms with Gasteiger partial charge in [-0.05, 0) is 11.6 Å². The highest BCUT2D eigenvalue weighted by Crippen LogP contribution is 2.26. The van der Waals surface area contributed by atoms with E-state index in [1.54, 1.807) is 6.20 Å². The second kappa shape index (κ2) is 8.28. The lowest BCUT2D eigenvalue weighted by Gasteiger charge is -2.34. The number of benzene rings is 1. The quantitative estimate of drug-likeness (QED) is 0.337. The lowest BCUT2D eigenvalue weighted by Crippen LogP contribution is -2.48. The summed E-state index contributed by atoms with van der Waals surface area (Å²) in [5.41, 5.74) is 1.71. The van der Waals surface area contributed by atoms with Gasteiger partial charge in [0.25, 0.3) is 0 Å². The van der Waals surface area contributed by atoms with Crippen LogP contribution >= 0.6 is 0 Å². The molecule has 130 valence electrons. The summed E-state index contributed by atoms with van der Waals surface area (Å²) in [4.78, 5) is 16.7. The van der Waals surface area contributed by atoms with Gasteiger partial charge in [-0.3, -0.25) is 9.80 Å². The SMILES string of the molecule is O=C1Oc2ccccc2CC1=CNCCN1CCN(CCO)CC1. The molecule has 1 saturated heterocycles. The molecule has 6 nitrogen and oxygen atoms in total. The van der Waals surface area contributed by atoms with Crippen molar-refractivity contribution < 1.29 is 14.6 Å². The zero-order valence-electron chi connectivity index (χ0n) is 13.9. The monoisotopic (exact) mass is 331 g/mol. The van der Waals surface area contributed by atoms with E-state index in [2.05, 4.69) is 15.1 Å². The summed E-state index contributed by atoms with van der Waals surface area (Å²) in [5, 5.41) is 12.2. The molecule has 0 unspecified atom stereocenters. The van der Waals surface area contributed by atoms with E-state index in [9.17, 15) is 4.79 Å². The fourth-order valence-electron chi connectivity index (χ4n) is 3.10. The molecule has 6 heteroatoms. The molecule has 1 aromatic rings. The Kier molecular flexibility index (Phi) is 5.85. The molecule has 0 spiro atoms. The maximum atomic E-state index is 12.0. The van der Waals surface area contributed by atoms with E-state index in [0.717, 1.165) is 51.4 Å². The van der Waals surface area contributed by atoms with Crippen molar-refractivity contribution in [2.45, 2.75) is 6.42 Å². The van der Waals surface area contributed by atoms with E-state index < -0.39 is 0 Å². The molecule has 1 aromatic carbocycles. The Morgan fingerprint density at radius 3 is 2.58 bits per heavy atom. The Morgan fingerprint density at radius 1 is 1.12 bits per heavy atom. The number of aliphatic hydroxyl groups excluding tert-OH is 1. The Balaban J connectivity index is 1.42. The largest absolute Gasteiger partial charge is 0.423 e. The topological polar surface area (TPSA) is 65.0 Å². The van der Waals surface area contributed by atoms with E-state index in [0.29, 0.717) is 17.7 Å². The van der Waals surface area contributed by atoms with Crippen LogP contribution in [-0.2, 0) is 11.2 Å². The van der Waals surface area contributed by atoms with Crippen molar-refractivity contribution >= 4 is 5.97 Å². The highest BCUT2D eigenvalue weighted by molar-refractivity contribution is 5.92. The molecular weight excluding hydrogens is 306 g/mol. The Labute approximate surface area is 142 Å². The highest BCUT2D eigenvalue weighted by atomic mass is 16.5. The number of para-hydroxylation sites is 1. The molecule has 0 aliphatic carbocycles. The van der Waals surface area contributed by atoms with Gasteiger partial charge in [-0.2, -0.15) is 0 Å². The lowest BCUT2D eigenvalue weighted by molar-refractivity contribution is -0.130. The summed E-state index contributed by atoms with van der Waals surface area (Å²) in [6.07, 6.45) is 2.40. The van der Waals surface area contributed by atoms with Crippen LogP contribution in [-0.4, -0.2) is 73.3 Å². The fourth-order valence-corrected chi connectivity index (χ4v) is 3.10. The van der Waals surface area contributed by atoms with Crippen molar-refractivity contribution in [1.29, 1.82) is 0 Å². The number of ether oxygens (including phenoxy) is 1.